The molecule has 1 N–H and O–H groups in total. The van der Waals surface area contributed by atoms with E-state index in [2.05, 4.69) is 11.0 Å². The smallest absolute Gasteiger partial charge is 0.128 e. The number of rotatable bonds is 1. The Morgan fingerprint density at radius 2 is 2.14 bits per heavy atom. The molecule has 1 heterocycles. The lowest BCUT2D eigenvalue weighted by Gasteiger charge is -2.18. The lowest BCUT2D eigenvalue weighted by molar-refractivity contribution is 0.517. The van der Waals surface area contributed by atoms with E-state index in [1.54, 1.807) is 12.1 Å². The lowest BCUT2D eigenvalue weighted by Crippen LogP contribution is -2.27. The molecule has 2 nitrogen and oxygen atoms in total. The van der Waals surface area contributed by atoms with Crippen molar-refractivity contribution >= 4 is 17.4 Å². The Kier molecular flexibility index (Phi) is 2.73. The average Bonchev–Trinajstić information content (AvgIpc) is 2.69. The van der Waals surface area contributed by atoms with Gasteiger partial charge in [0.25, 0.3) is 0 Å². The highest BCUT2D eigenvalue weighted by molar-refractivity contribution is 6.30. The second kappa shape index (κ2) is 4.01. The summed E-state index contributed by atoms with van der Waals surface area (Å²) in [4.78, 5) is 2.09. The number of nitrogens with zero attached hydrogens (tertiary/aromatic N) is 1. The van der Waals surface area contributed by atoms with Crippen molar-refractivity contribution in [3.63, 3.8) is 0 Å². The summed E-state index contributed by atoms with van der Waals surface area (Å²) in [5, 5.41) is 8.55. The summed E-state index contributed by atoms with van der Waals surface area (Å²) >= 11 is 5.82. The Labute approximate surface area is 89.0 Å². The van der Waals surface area contributed by atoms with E-state index in [9.17, 15) is 0 Å². The molecule has 1 aromatic rings. The van der Waals surface area contributed by atoms with Gasteiger partial charge in [0.15, 0.2) is 0 Å². The molecule has 0 aromatic heterocycles. The van der Waals surface area contributed by atoms with E-state index in [0.717, 1.165) is 18.7 Å². The number of amidine groups is 1. The first-order valence-electron chi connectivity index (χ1n) is 4.78. The van der Waals surface area contributed by atoms with E-state index in [-0.39, 0.29) is 0 Å². The van der Waals surface area contributed by atoms with Crippen LogP contribution in [0.1, 0.15) is 18.4 Å². The minimum Gasteiger partial charge on any atom is -0.357 e. The van der Waals surface area contributed by atoms with E-state index in [4.69, 9.17) is 17.0 Å². The largest absolute Gasteiger partial charge is 0.357 e. The molecule has 3 heteroatoms. The SMILES string of the molecule is N=C(c1cc[c]c(Cl)c1)N1CCCC1. The maximum atomic E-state index is 7.98. The van der Waals surface area contributed by atoms with Gasteiger partial charge in [0.1, 0.15) is 5.84 Å². The number of nitrogens with one attached hydrogen (secondary N) is 1. The Morgan fingerprint density at radius 3 is 2.79 bits per heavy atom. The number of halogens is 1. The molecular formula is C11H12ClN2. The van der Waals surface area contributed by atoms with E-state index in [1.165, 1.54) is 12.8 Å². The fourth-order valence-electron chi connectivity index (χ4n) is 1.71. The van der Waals surface area contributed by atoms with Crippen LogP contribution in [0.2, 0.25) is 5.02 Å². The minimum absolute atomic E-state index is 0.575. The molecule has 1 radical (unpaired) electrons. The van der Waals surface area contributed by atoms with Gasteiger partial charge in [-0.2, -0.15) is 0 Å². The van der Waals surface area contributed by atoms with Gasteiger partial charge >= 0.3 is 0 Å². The van der Waals surface area contributed by atoms with Crippen LogP contribution in [0.3, 0.4) is 0 Å². The Balaban J connectivity index is 2.17. The Hall–Kier alpha value is -1.02. The molecule has 1 aliphatic rings. The minimum atomic E-state index is 0.575. The third-order valence-corrected chi connectivity index (χ3v) is 2.68. The second-order valence-corrected chi connectivity index (χ2v) is 3.88. The number of likely N-dealkylation sites (tertiary alicyclic amines) is 1. The van der Waals surface area contributed by atoms with Gasteiger partial charge in [-0.25, -0.2) is 0 Å². The topological polar surface area (TPSA) is 27.1 Å². The molecule has 0 aliphatic carbocycles. The quantitative estimate of drug-likeness (QED) is 0.556. The van der Waals surface area contributed by atoms with Crippen LogP contribution >= 0.6 is 11.6 Å². The monoisotopic (exact) mass is 207 g/mol. The fraction of sp³-hybridized carbons (Fsp3) is 0.364. The summed E-state index contributed by atoms with van der Waals surface area (Å²) in [5.41, 5.74) is 0.885. The highest BCUT2D eigenvalue weighted by Gasteiger charge is 2.15. The zero-order valence-corrected chi connectivity index (χ0v) is 8.64. The van der Waals surface area contributed by atoms with Crippen molar-refractivity contribution < 1.29 is 0 Å². The van der Waals surface area contributed by atoms with Gasteiger partial charge in [0.2, 0.25) is 0 Å². The van der Waals surface area contributed by atoms with Gasteiger partial charge < -0.3 is 4.90 Å². The molecule has 14 heavy (non-hydrogen) atoms. The average molecular weight is 208 g/mol. The van der Waals surface area contributed by atoms with Gasteiger partial charge in [0, 0.05) is 29.7 Å². The van der Waals surface area contributed by atoms with Crippen molar-refractivity contribution in [1.29, 1.82) is 5.41 Å². The fourth-order valence-corrected chi connectivity index (χ4v) is 1.89. The lowest BCUT2D eigenvalue weighted by atomic mass is 10.2. The van der Waals surface area contributed by atoms with Crippen LogP contribution in [-0.2, 0) is 0 Å². The standard InChI is InChI=1S/C11H12ClN2/c12-10-5-3-4-9(8-10)11(13)14-6-1-2-7-14/h3-4,8,13H,1-2,6-7H2. The Morgan fingerprint density at radius 1 is 1.43 bits per heavy atom. The maximum absolute atomic E-state index is 7.98. The summed E-state index contributed by atoms with van der Waals surface area (Å²) < 4.78 is 0. The molecule has 0 unspecified atom stereocenters. The third-order valence-electron chi connectivity index (χ3n) is 2.46. The summed E-state index contributed by atoms with van der Waals surface area (Å²) in [6, 6.07) is 8.31. The summed E-state index contributed by atoms with van der Waals surface area (Å²) in [6.07, 6.45) is 2.38. The van der Waals surface area contributed by atoms with Crippen molar-refractivity contribution in [2.45, 2.75) is 12.8 Å². The first kappa shape index (κ1) is 9.53. The number of benzene rings is 1. The zero-order chi connectivity index (χ0) is 9.97. The molecule has 0 saturated carbocycles. The normalized spacial score (nSPS) is 15.9. The molecule has 0 amide bonds. The van der Waals surface area contributed by atoms with Crippen LogP contribution in [0.25, 0.3) is 0 Å². The predicted molar refractivity (Wildman–Crippen MR) is 57.9 cm³/mol. The predicted octanol–water partition coefficient (Wildman–Crippen LogP) is 2.56. The van der Waals surface area contributed by atoms with Crippen LogP contribution in [0.4, 0.5) is 0 Å². The van der Waals surface area contributed by atoms with Crippen LogP contribution in [0.5, 0.6) is 0 Å². The van der Waals surface area contributed by atoms with Crippen LogP contribution in [-0.4, -0.2) is 23.8 Å². The molecule has 1 saturated heterocycles. The third kappa shape index (κ3) is 1.90. The van der Waals surface area contributed by atoms with E-state index < -0.39 is 0 Å². The van der Waals surface area contributed by atoms with Crippen LogP contribution < -0.4 is 0 Å². The second-order valence-electron chi connectivity index (χ2n) is 3.47. The van der Waals surface area contributed by atoms with Gasteiger partial charge in [-0.1, -0.05) is 23.7 Å². The maximum Gasteiger partial charge on any atom is 0.128 e. The summed E-state index contributed by atoms with van der Waals surface area (Å²) in [5.74, 6) is 0.582. The molecule has 73 valence electrons. The number of hydrogen-bond acceptors (Lipinski definition) is 1. The zero-order valence-electron chi connectivity index (χ0n) is 7.89. The molecule has 2 rings (SSSR count). The van der Waals surface area contributed by atoms with Crippen molar-refractivity contribution in [3.05, 3.63) is 34.9 Å². The van der Waals surface area contributed by atoms with E-state index >= 15 is 0 Å². The molecule has 1 fully saturated rings. The van der Waals surface area contributed by atoms with Crippen molar-refractivity contribution in [2.24, 2.45) is 0 Å². The van der Waals surface area contributed by atoms with Gasteiger partial charge in [-0.05, 0) is 18.9 Å². The summed E-state index contributed by atoms with van der Waals surface area (Å²) in [7, 11) is 0. The Bertz CT molecular complexity index is 343. The van der Waals surface area contributed by atoms with Crippen LogP contribution in [0.15, 0.2) is 18.2 Å². The first-order valence-corrected chi connectivity index (χ1v) is 5.16. The highest BCUT2D eigenvalue weighted by atomic mass is 35.5. The molecular weight excluding hydrogens is 196 g/mol. The van der Waals surface area contributed by atoms with Crippen molar-refractivity contribution in [3.8, 4) is 0 Å². The van der Waals surface area contributed by atoms with Crippen LogP contribution in [0, 0.1) is 11.5 Å². The number of hydrogen-bond donors (Lipinski definition) is 1. The summed E-state index contributed by atoms with van der Waals surface area (Å²) in [6.45, 7) is 1.99. The highest BCUT2D eigenvalue weighted by Crippen LogP contribution is 2.15. The molecule has 0 bridgehead atoms. The van der Waals surface area contributed by atoms with Gasteiger partial charge in [0.05, 0.1) is 0 Å². The van der Waals surface area contributed by atoms with E-state index in [0.29, 0.717) is 10.9 Å². The van der Waals surface area contributed by atoms with Crippen molar-refractivity contribution in [2.75, 3.05) is 13.1 Å². The molecule has 0 spiro atoms. The molecule has 1 aromatic carbocycles. The molecule has 0 atom stereocenters. The van der Waals surface area contributed by atoms with E-state index in [1.807, 2.05) is 6.07 Å². The molecule has 1 aliphatic heterocycles. The first-order chi connectivity index (χ1) is 6.77. The van der Waals surface area contributed by atoms with Gasteiger partial charge in [-0.3, -0.25) is 5.41 Å². The van der Waals surface area contributed by atoms with Gasteiger partial charge in [-0.15, -0.1) is 0 Å². The van der Waals surface area contributed by atoms with Crippen molar-refractivity contribution in [1.82, 2.24) is 4.90 Å².